The molecule has 3 nitrogen and oxygen atoms in total. The molecule has 0 N–H and O–H groups in total. The van der Waals surface area contributed by atoms with Crippen LogP contribution in [0.15, 0.2) is 30.5 Å². The number of unbranched alkanes of at least 4 members (excludes halogenated alkanes) is 7. The molecule has 0 saturated heterocycles. The van der Waals surface area contributed by atoms with E-state index in [1.165, 1.54) is 75.5 Å². The van der Waals surface area contributed by atoms with Crippen LogP contribution in [0.4, 0.5) is 0 Å². The Balaban J connectivity index is 1.48. The van der Waals surface area contributed by atoms with Gasteiger partial charge in [-0.2, -0.15) is 0 Å². The quantitative estimate of drug-likeness (QED) is 0.321. The molecule has 1 unspecified atom stereocenters. The van der Waals surface area contributed by atoms with Gasteiger partial charge < -0.3 is 4.74 Å². The van der Waals surface area contributed by atoms with Crippen molar-refractivity contribution in [1.82, 2.24) is 9.97 Å². The van der Waals surface area contributed by atoms with Crippen LogP contribution in [0.1, 0.15) is 95.7 Å². The molecule has 0 spiro atoms. The molecule has 1 aromatic heterocycles. The Morgan fingerprint density at radius 2 is 1.63 bits per heavy atom. The van der Waals surface area contributed by atoms with Gasteiger partial charge in [0, 0.05) is 17.5 Å². The highest BCUT2D eigenvalue weighted by Crippen LogP contribution is 2.29. The molecule has 30 heavy (non-hydrogen) atoms. The van der Waals surface area contributed by atoms with Crippen molar-refractivity contribution in [2.75, 3.05) is 6.61 Å². The SMILES string of the molecule is CCCCCCCCC1CCc2nc(-c3ccc(OCCCCC)cc3)ncc2C1. The van der Waals surface area contributed by atoms with Gasteiger partial charge in [0.1, 0.15) is 5.75 Å². The normalized spacial score (nSPS) is 15.7. The fourth-order valence-electron chi connectivity index (χ4n) is 4.42. The maximum absolute atomic E-state index is 5.82. The molecule has 0 fully saturated rings. The van der Waals surface area contributed by atoms with Gasteiger partial charge in [-0.3, -0.25) is 0 Å². The van der Waals surface area contributed by atoms with Crippen molar-refractivity contribution >= 4 is 0 Å². The van der Waals surface area contributed by atoms with E-state index in [0.29, 0.717) is 0 Å². The fraction of sp³-hybridized carbons (Fsp3) is 0.630. The Hall–Kier alpha value is -1.90. The first-order valence-electron chi connectivity index (χ1n) is 12.4. The van der Waals surface area contributed by atoms with Crippen molar-refractivity contribution in [1.29, 1.82) is 0 Å². The third-order valence-corrected chi connectivity index (χ3v) is 6.35. The molecule has 0 radical (unpaired) electrons. The summed E-state index contributed by atoms with van der Waals surface area (Å²) in [6.07, 6.45) is 18.9. The van der Waals surface area contributed by atoms with E-state index in [-0.39, 0.29) is 0 Å². The lowest BCUT2D eigenvalue weighted by atomic mass is 9.84. The minimum absolute atomic E-state index is 0.794. The number of aryl methyl sites for hydroxylation is 1. The van der Waals surface area contributed by atoms with Crippen LogP contribution >= 0.6 is 0 Å². The number of nitrogens with zero attached hydrogens (tertiary/aromatic N) is 2. The van der Waals surface area contributed by atoms with E-state index in [9.17, 15) is 0 Å². The van der Waals surface area contributed by atoms with Crippen LogP contribution in [0, 0.1) is 5.92 Å². The van der Waals surface area contributed by atoms with Crippen LogP contribution in [-0.2, 0) is 12.8 Å². The van der Waals surface area contributed by atoms with Crippen molar-refractivity contribution in [3.8, 4) is 17.1 Å². The highest BCUT2D eigenvalue weighted by atomic mass is 16.5. The Bertz CT molecular complexity index is 741. The average molecular weight is 409 g/mol. The van der Waals surface area contributed by atoms with Gasteiger partial charge in [-0.1, -0.05) is 71.6 Å². The average Bonchev–Trinajstić information content (AvgIpc) is 2.79. The lowest BCUT2D eigenvalue weighted by molar-refractivity contribution is 0.306. The summed E-state index contributed by atoms with van der Waals surface area (Å²) in [5.74, 6) is 2.60. The third-order valence-electron chi connectivity index (χ3n) is 6.35. The van der Waals surface area contributed by atoms with Crippen molar-refractivity contribution < 1.29 is 4.74 Å². The van der Waals surface area contributed by atoms with Crippen molar-refractivity contribution in [3.05, 3.63) is 41.7 Å². The zero-order chi connectivity index (χ0) is 21.0. The zero-order valence-electron chi connectivity index (χ0n) is 19.2. The summed E-state index contributed by atoms with van der Waals surface area (Å²) < 4.78 is 5.82. The minimum atomic E-state index is 0.794. The second-order valence-electron chi connectivity index (χ2n) is 8.91. The predicted octanol–water partition coefficient (Wildman–Crippen LogP) is 7.57. The molecule has 0 saturated carbocycles. The fourth-order valence-corrected chi connectivity index (χ4v) is 4.42. The van der Waals surface area contributed by atoms with E-state index >= 15 is 0 Å². The van der Waals surface area contributed by atoms with E-state index in [0.717, 1.165) is 48.9 Å². The Morgan fingerprint density at radius 3 is 2.43 bits per heavy atom. The van der Waals surface area contributed by atoms with Crippen LogP contribution in [0.2, 0.25) is 0 Å². The van der Waals surface area contributed by atoms with E-state index in [4.69, 9.17) is 14.7 Å². The summed E-state index contributed by atoms with van der Waals surface area (Å²) in [7, 11) is 0. The molecule has 0 bridgehead atoms. The molecule has 2 aromatic rings. The summed E-state index contributed by atoms with van der Waals surface area (Å²) >= 11 is 0. The lowest BCUT2D eigenvalue weighted by Gasteiger charge is -2.24. The molecule has 164 valence electrons. The molecule has 1 aliphatic rings. The van der Waals surface area contributed by atoms with Crippen LogP contribution in [0.3, 0.4) is 0 Å². The van der Waals surface area contributed by atoms with Crippen LogP contribution in [0.5, 0.6) is 5.75 Å². The van der Waals surface area contributed by atoms with Gasteiger partial charge in [0.25, 0.3) is 0 Å². The smallest absolute Gasteiger partial charge is 0.159 e. The van der Waals surface area contributed by atoms with Crippen molar-refractivity contribution in [2.45, 2.75) is 97.3 Å². The predicted molar refractivity (Wildman–Crippen MR) is 126 cm³/mol. The molecule has 1 atom stereocenters. The first kappa shape index (κ1) is 22.8. The summed E-state index contributed by atoms with van der Waals surface area (Å²) in [5, 5.41) is 0. The monoisotopic (exact) mass is 408 g/mol. The lowest BCUT2D eigenvalue weighted by Crippen LogP contribution is -2.16. The number of aromatic nitrogens is 2. The molecular formula is C27H40N2O. The van der Waals surface area contributed by atoms with Crippen molar-refractivity contribution in [2.24, 2.45) is 5.92 Å². The first-order valence-corrected chi connectivity index (χ1v) is 12.4. The molecule has 0 aliphatic heterocycles. The van der Waals surface area contributed by atoms with Crippen molar-refractivity contribution in [3.63, 3.8) is 0 Å². The molecule has 3 rings (SSSR count). The zero-order valence-corrected chi connectivity index (χ0v) is 19.2. The summed E-state index contributed by atoms with van der Waals surface area (Å²) in [5.41, 5.74) is 3.71. The number of benzene rings is 1. The maximum atomic E-state index is 5.82. The summed E-state index contributed by atoms with van der Waals surface area (Å²) in [6.45, 7) is 5.29. The largest absolute Gasteiger partial charge is 0.494 e. The Morgan fingerprint density at radius 1 is 0.900 bits per heavy atom. The van der Waals surface area contributed by atoms with Gasteiger partial charge >= 0.3 is 0 Å². The second kappa shape index (κ2) is 12.7. The number of rotatable bonds is 13. The van der Waals surface area contributed by atoms with E-state index in [1.807, 2.05) is 12.1 Å². The maximum Gasteiger partial charge on any atom is 0.159 e. The molecule has 1 aliphatic carbocycles. The van der Waals surface area contributed by atoms with Crippen LogP contribution in [0.25, 0.3) is 11.4 Å². The molecule has 1 aromatic carbocycles. The molecular weight excluding hydrogens is 368 g/mol. The molecule has 0 amide bonds. The third kappa shape index (κ3) is 7.11. The van der Waals surface area contributed by atoms with Gasteiger partial charge in [-0.25, -0.2) is 9.97 Å². The molecule has 3 heteroatoms. The van der Waals surface area contributed by atoms with Gasteiger partial charge in [0.2, 0.25) is 0 Å². The van der Waals surface area contributed by atoms with E-state index in [1.54, 1.807) is 0 Å². The van der Waals surface area contributed by atoms with Crippen LogP contribution in [-0.4, -0.2) is 16.6 Å². The highest BCUT2D eigenvalue weighted by Gasteiger charge is 2.20. The van der Waals surface area contributed by atoms with Gasteiger partial charge in [0.05, 0.1) is 6.61 Å². The number of hydrogen-bond donors (Lipinski definition) is 0. The van der Waals surface area contributed by atoms with Gasteiger partial charge in [-0.05, 0) is 61.4 Å². The Labute approximate surface area is 183 Å². The summed E-state index contributed by atoms with van der Waals surface area (Å²) in [4.78, 5) is 9.60. The van der Waals surface area contributed by atoms with E-state index < -0.39 is 0 Å². The summed E-state index contributed by atoms with van der Waals surface area (Å²) in [6, 6.07) is 8.25. The first-order chi connectivity index (χ1) is 14.8. The second-order valence-corrected chi connectivity index (χ2v) is 8.91. The van der Waals surface area contributed by atoms with Gasteiger partial charge in [0.15, 0.2) is 5.82 Å². The number of fused-ring (bicyclic) bond motifs is 1. The Kier molecular flexibility index (Phi) is 9.66. The molecule has 1 heterocycles. The highest BCUT2D eigenvalue weighted by molar-refractivity contribution is 5.56. The minimum Gasteiger partial charge on any atom is -0.494 e. The topological polar surface area (TPSA) is 35.0 Å². The van der Waals surface area contributed by atoms with Crippen LogP contribution < -0.4 is 4.74 Å². The number of hydrogen-bond acceptors (Lipinski definition) is 3. The standard InChI is InChI=1S/C27H40N2O/c1-3-5-7-8-9-10-12-22-13-18-26-24(20-22)21-28-27(29-26)23-14-16-25(17-15-23)30-19-11-6-4-2/h14-17,21-22H,3-13,18-20H2,1-2H3. The number of ether oxygens (including phenoxy) is 1. The van der Waals surface area contributed by atoms with Gasteiger partial charge in [-0.15, -0.1) is 0 Å². The van der Waals surface area contributed by atoms with E-state index in [2.05, 4.69) is 32.2 Å².